The van der Waals surface area contributed by atoms with E-state index in [4.69, 9.17) is 0 Å². The third-order valence-corrected chi connectivity index (χ3v) is 3.04. The number of amides is 1. The lowest BCUT2D eigenvalue weighted by atomic mass is 10.0. The van der Waals surface area contributed by atoms with Crippen molar-refractivity contribution in [2.24, 2.45) is 7.05 Å². The molecule has 1 saturated heterocycles. The van der Waals surface area contributed by atoms with E-state index in [-0.39, 0.29) is 6.03 Å². The molecule has 15 heavy (non-hydrogen) atoms. The van der Waals surface area contributed by atoms with Gasteiger partial charge in [0.15, 0.2) is 0 Å². The van der Waals surface area contributed by atoms with Crippen LogP contribution in [0.15, 0.2) is 18.7 Å². The lowest BCUT2D eigenvalue weighted by molar-refractivity contribution is -0.670. The van der Waals surface area contributed by atoms with Crippen LogP contribution in [0, 0.1) is 0 Å². The van der Waals surface area contributed by atoms with Gasteiger partial charge in [0.05, 0.1) is 7.05 Å². The van der Waals surface area contributed by atoms with Gasteiger partial charge in [-0.2, -0.15) is 4.57 Å². The molecule has 1 aromatic rings. The number of piperidine rings is 1. The Bertz CT molecular complexity index is 358. The summed E-state index contributed by atoms with van der Waals surface area (Å²) < 4.78 is 3.54. The number of hydrogen-bond acceptors (Lipinski definition) is 1. The number of carbonyl (C=O) groups is 1. The molecule has 2 rings (SSSR count). The van der Waals surface area contributed by atoms with Crippen molar-refractivity contribution in [2.45, 2.75) is 32.2 Å². The fourth-order valence-corrected chi connectivity index (χ4v) is 2.09. The fourth-order valence-electron chi connectivity index (χ4n) is 2.09. The maximum atomic E-state index is 12.1. The first-order chi connectivity index (χ1) is 7.18. The summed E-state index contributed by atoms with van der Waals surface area (Å²) in [5.41, 5.74) is 0. The van der Waals surface area contributed by atoms with Gasteiger partial charge in [0, 0.05) is 12.6 Å². The molecule has 4 nitrogen and oxygen atoms in total. The van der Waals surface area contributed by atoms with Crippen LogP contribution in [0.4, 0.5) is 4.79 Å². The average molecular weight is 208 g/mol. The number of carbonyl (C=O) groups excluding carboxylic acids is 1. The Kier molecular flexibility index (Phi) is 2.75. The van der Waals surface area contributed by atoms with E-state index in [1.54, 1.807) is 4.57 Å². The van der Waals surface area contributed by atoms with Gasteiger partial charge in [-0.3, -0.25) is 0 Å². The van der Waals surface area contributed by atoms with Gasteiger partial charge in [0.25, 0.3) is 6.33 Å². The molecule has 0 N–H and O–H groups in total. The molecule has 2 heterocycles. The lowest BCUT2D eigenvalue weighted by Crippen LogP contribution is -2.44. The molecule has 1 atom stereocenters. The zero-order valence-corrected chi connectivity index (χ0v) is 9.39. The molecule has 0 bridgehead atoms. The fraction of sp³-hybridized carbons (Fsp3) is 0.636. The third kappa shape index (κ3) is 2.03. The first-order valence-corrected chi connectivity index (χ1v) is 5.52. The van der Waals surface area contributed by atoms with E-state index in [1.807, 2.05) is 35.2 Å². The van der Waals surface area contributed by atoms with Gasteiger partial charge >= 0.3 is 6.03 Å². The highest BCUT2D eigenvalue weighted by molar-refractivity contribution is 5.76. The molecule has 1 aliphatic heterocycles. The highest BCUT2D eigenvalue weighted by Gasteiger charge is 2.27. The number of hydrogen-bond donors (Lipinski definition) is 0. The van der Waals surface area contributed by atoms with Crippen LogP contribution in [0.5, 0.6) is 0 Å². The summed E-state index contributed by atoms with van der Waals surface area (Å²) in [6.45, 7) is 3.02. The van der Waals surface area contributed by atoms with Gasteiger partial charge in [-0.05, 0) is 26.2 Å². The van der Waals surface area contributed by atoms with E-state index >= 15 is 0 Å². The molecular formula is C11H18N3O+. The van der Waals surface area contributed by atoms with Crippen molar-refractivity contribution in [3.05, 3.63) is 18.7 Å². The SMILES string of the molecule is C[C@@H]1CCCCN1C(=O)n1cc[n+](C)c1. The molecule has 0 radical (unpaired) electrons. The van der Waals surface area contributed by atoms with Crippen molar-refractivity contribution in [3.63, 3.8) is 0 Å². The van der Waals surface area contributed by atoms with Crippen LogP contribution >= 0.6 is 0 Å². The summed E-state index contributed by atoms with van der Waals surface area (Å²) >= 11 is 0. The Morgan fingerprint density at radius 1 is 1.47 bits per heavy atom. The van der Waals surface area contributed by atoms with Crippen LogP contribution in [0.25, 0.3) is 0 Å². The standard InChI is InChI=1S/C11H18N3O/c1-10-5-3-4-6-14(10)11(15)13-8-7-12(2)9-13/h7-10H,3-6H2,1-2H3/q+1/t10-/m1/s1. The molecule has 0 aromatic carbocycles. The Morgan fingerprint density at radius 3 is 2.87 bits per heavy atom. The molecule has 1 amide bonds. The normalized spacial score (nSPS) is 21.7. The Balaban J connectivity index is 2.13. The quantitative estimate of drug-likeness (QED) is 0.588. The van der Waals surface area contributed by atoms with Gasteiger partial charge in [-0.15, -0.1) is 0 Å². The van der Waals surface area contributed by atoms with Crippen LogP contribution in [0.3, 0.4) is 0 Å². The van der Waals surface area contributed by atoms with Gasteiger partial charge in [-0.1, -0.05) is 0 Å². The minimum Gasteiger partial charge on any atom is -0.302 e. The minimum atomic E-state index is 0.0998. The predicted octanol–water partition coefficient (Wildman–Crippen LogP) is 1.16. The number of aryl methyl sites for hydroxylation is 1. The Morgan fingerprint density at radius 2 is 2.27 bits per heavy atom. The highest BCUT2D eigenvalue weighted by atomic mass is 16.2. The van der Waals surface area contributed by atoms with Gasteiger partial charge in [0.2, 0.25) is 0 Å². The molecule has 82 valence electrons. The van der Waals surface area contributed by atoms with Crippen molar-refractivity contribution in [3.8, 4) is 0 Å². The first kappa shape index (κ1) is 10.2. The van der Waals surface area contributed by atoms with Crippen LogP contribution in [0.2, 0.25) is 0 Å². The van der Waals surface area contributed by atoms with Crippen LogP contribution in [0.1, 0.15) is 26.2 Å². The molecule has 1 fully saturated rings. The summed E-state index contributed by atoms with van der Waals surface area (Å²) in [7, 11) is 1.92. The maximum Gasteiger partial charge on any atom is 0.416 e. The number of aromatic nitrogens is 2. The van der Waals surface area contributed by atoms with E-state index < -0.39 is 0 Å². The molecule has 1 aliphatic rings. The molecule has 0 spiro atoms. The summed E-state index contributed by atoms with van der Waals surface area (Å²) in [6.07, 6.45) is 8.99. The average Bonchev–Trinajstić information content (AvgIpc) is 2.65. The van der Waals surface area contributed by atoms with Gasteiger partial charge in [0.1, 0.15) is 12.4 Å². The monoisotopic (exact) mass is 208 g/mol. The molecule has 0 aliphatic carbocycles. The van der Waals surface area contributed by atoms with Crippen molar-refractivity contribution in [2.75, 3.05) is 6.54 Å². The van der Waals surface area contributed by atoms with Crippen LogP contribution in [-0.2, 0) is 7.05 Å². The van der Waals surface area contributed by atoms with Crippen molar-refractivity contribution < 1.29 is 9.36 Å². The molecule has 1 aromatic heterocycles. The van der Waals surface area contributed by atoms with E-state index in [0.717, 1.165) is 19.4 Å². The van der Waals surface area contributed by atoms with Gasteiger partial charge < -0.3 is 4.90 Å². The summed E-state index contributed by atoms with van der Waals surface area (Å²) in [6, 6.07) is 0.474. The molecule has 4 heteroatoms. The second-order valence-corrected chi connectivity index (χ2v) is 4.31. The van der Waals surface area contributed by atoms with E-state index in [9.17, 15) is 4.79 Å². The van der Waals surface area contributed by atoms with Crippen molar-refractivity contribution in [1.29, 1.82) is 0 Å². The molecule has 0 saturated carbocycles. The summed E-state index contributed by atoms with van der Waals surface area (Å²) in [4.78, 5) is 14.1. The summed E-state index contributed by atoms with van der Waals surface area (Å²) in [5.74, 6) is 0. The lowest BCUT2D eigenvalue weighted by Gasteiger charge is -2.31. The van der Waals surface area contributed by atoms with E-state index in [0.29, 0.717) is 6.04 Å². The number of nitrogens with zero attached hydrogens (tertiary/aromatic N) is 3. The van der Waals surface area contributed by atoms with Gasteiger partial charge in [-0.25, -0.2) is 9.36 Å². The zero-order chi connectivity index (χ0) is 10.8. The number of rotatable bonds is 0. The smallest absolute Gasteiger partial charge is 0.302 e. The second-order valence-electron chi connectivity index (χ2n) is 4.31. The predicted molar refractivity (Wildman–Crippen MR) is 56.4 cm³/mol. The van der Waals surface area contributed by atoms with Crippen LogP contribution in [-0.4, -0.2) is 28.1 Å². The molecule has 0 unspecified atom stereocenters. The minimum absolute atomic E-state index is 0.0998. The number of likely N-dealkylation sites (tertiary alicyclic amines) is 1. The molecular weight excluding hydrogens is 190 g/mol. The third-order valence-electron chi connectivity index (χ3n) is 3.04. The largest absolute Gasteiger partial charge is 0.416 e. The Labute approximate surface area is 90.1 Å². The number of imidazole rings is 1. The zero-order valence-electron chi connectivity index (χ0n) is 9.39. The highest BCUT2D eigenvalue weighted by Crippen LogP contribution is 2.17. The van der Waals surface area contributed by atoms with Crippen molar-refractivity contribution in [1.82, 2.24) is 9.47 Å². The van der Waals surface area contributed by atoms with Crippen LogP contribution < -0.4 is 4.57 Å². The van der Waals surface area contributed by atoms with E-state index in [1.165, 1.54) is 6.42 Å². The maximum absolute atomic E-state index is 12.1. The first-order valence-electron chi connectivity index (χ1n) is 5.52. The van der Waals surface area contributed by atoms with E-state index in [2.05, 4.69) is 6.92 Å². The topological polar surface area (TPSA) is 29.1 Å². The Hall–Kier alpha value is -1.32. The van der Waals surface area contributed by atoms with Crippen molar-refractivity contribution >= 4 is 6.03 Å². The summed E-state index contributed by atoms with van der Waals surface area (Å²) in [5, 5.41) is 0. The second kappa shape index (κ2) is 4.04.